The lowest BCUT2D eigenvalue weighted by molar-refractivity contribution is 0.177. The maximum Gasteiger partial charge on any atom is 0.113 e. The van der Waals surface area contributed by atoms with Gasteiger partial charge in [0.15, 0.2) is 0 Å². The lowest BCUT2D eigenvalue weighted by Gasteiger charge is -1.93. The van der Waals surface area contributed by atoms with Crippen LogP contribution in [0.1, 0.15) is 18.6 Å². The van der Waals surface area contributed by atoms with E-state index >= 15 is 0 Å². The van der Waals surface area contributed by atoms with Crippen LogP contribution in [0, 0.1) is 0 Å². The van der Waals surface area contributed by atoms with E-state index in [4.69, 9.17) is 9.47 Å². The first-order valence-corrected chi connectivity index (χ1v) is 5.36. The molecule has 0 radical (unpaired) electrons. The Labute approximate surface area is 90.5 Å². The summed E-state index contributed by atoms with van der Waals surface area (Å²) in [7, 11) is 0. The van der Waals surface area contributed by atoms with Gasteiger partial charge < -0.3 is 9.47 Å². The Bertz CT molecular complexity index is 319. The third-order valence-corrected chi connectivity index (χ3v) is 2.40. The maximum absolute atomic E-state index is 5.54. The monoisotopic (exact) mass is 204 g/mol. The van der Waals surface area contributed by atoms with Gasteiger partial charge in [-0.1, -0.05) is 42.5 Å². The Kier molecular flexibility index (Phi) is 3.54. The van der Waals surface area contributed by atoms with Crippen molar-refractivity contribution in [2.24, 2.45) is 0 Å². The number of hydrogen-bond donors (Lipinski definition) is 0. The predicted octanol–water partition coefficient (Wildman–Crippen LogP) is 2.72. The van der Waals surface area contributed by atoms with Gasteiger partial charge in [0.05, 0.1) is 6.61 Å². The van der Waals surface area contributed by atoms with Crippen LogP contribution in [-0.4, -0.2) is 19.3 Å². The minimum atomic E-state index is 0.243. The van der Waals surface area contributed by atoms with E-state index in [1.807, 2.05) is 31.2 Å². The Morgan fingerprint density at radius 3 is 2.87 bits per heavy atom. The van der Waals surface area contributed by atoms with Crippen LogP contribution >= 0.6 is 0 Å². The zero-order valence-electron chi connectivity index (χ0n) is 8.93. The molecule has 2 heteroatoms. The molecule has 80 valence electrons. The second-order valence-corrected chi connectivity index (χ2v) is 3.52. The van der Waals surface area contributed by atoms with Crippen LogP contribution in [0.15, 0.2) is 42.5 Å². The minimum absolute atomic E-state index is 0.243. The molecule has 2 rings (SSSR count). The van der Waals surface area contributed by atoms with Crippen molar-refractivity contribution < 1.29 is 9.47 Å². The van der Waals surface area contributed by atoms with E-state index in [0.717, 1.165) is 6.61 Å². The SMILES string of the molecule is CCOC/C=C/[C@@H]1O[C@H]1c1ccccc1. The van der Waals surface area contributed by atoms with Crippen molar-refractivity contribution in [1.82, 2.24) is 0 Å². The van der Waals surface area contributed by atoms with E-state index in [1.165, 1.54) is 5.56 Å². The summed E-state index contributed by atoms with van der Waals surface area (Å²) in [4.78, 5) is 0. The standard InChI is InChI=1S/C13H16O2/c1-2-14-10-6-9-12-13(15-12)11-7-4-3-5-8-11/h3-9,12-13H,2,10H2,1H3/b9-6+/t12-,13-/m0/s1. The minimum Gasteiger partial charge on any atom is -0.378 e. The molecule has 0 unspecified atom stereocenters. The van der Waals surface area contributed by atoms with Crippen molar-refractivity contribution >= 4 is 0 Å². The highest BCUT2D eigenvalue weighted by Crippen LogP contribution is 2.39. The fourth-order valence-electron chi connectivity index (χ4n) is 1.56. The molecule has 0 bridgehead atoms. The second kappa shape index (κ2) is 5.10. The van der Waals surface area contributed by atoms with Crippen LogP contribution in [0.4, 0.5) is 0 Å². The molecule has 1 fully saturated rings. The highest BCUT2D eigenvalue weighted by Gasteiger charge is 2.37. The smallest absolute Gasteiger partial charge is 0.113 e. The molecule has 0 amide bonds. The fourth-order valence-corrected chi connectivity index (χ4v) is 1.56. The van der Waals surface area contributed by atoms with Crippen molar-refractivity contribution in [3.8, 4) is 0 Å². The molecule has 0 aliphatic carbocycles. The molecule has 0 aromatic heterocycles. The molecule has 1 heterocycles. The van der Waals surface area contributed by atoms with Gasteiger partial charge in [-0.3, -0.25) is 0 Å². The largest absolute Gasteiger partial charge is 0.378 e. The van der Waals surface area contributed by atoms with Gasteiger partial charge in [-0.05, 0) is 12.5 Å². The number of benzene rings is 1. The van der Waals surface area contributed by atoms with Gasteiger partial charge in [0.2, 0.25) is 0 Å². The van der Waals surface area contributed by atoms with Crippen LogP contribution in [-0.2, 0) is 9.47 Å². The summed E-state index contributed by atoms with van der Waals surface area (Å²) in [6.45, 7) is 3.43. The molecular weight excluding hydrogens is 188 g/mol. The van der Waals surface area contributed by atoms with Gasteiger partial charge in [0.25, 0.3) is 0 Å². The molecule has 1 aromatic rings. The normalized spacial score (nSPS) is 24.6. The zero-order chi connectivity index (χ0) is 10.5. The van der Waals surface area contributed by atoms with Crippen molar-refractivity contribution in [2.45, 2.75) is 19.1 Å². The van der Waals surface area contributed by atoms with E-state index in [0.29, 0.717) is 6.61 Å². The highest BCUT2D eigenvalue weighted by atomic mass is 16.6. The van der Waals surface area contributed by atoms with Crippen molar-refractivity contribution in [2.75, 3.05) is 13.2 Å². The molecule has 0 N–H and O–H groups in total. The number of hydrogen-bond acceptors (Lipinski definition) is 2. The number of rotatable bonds is 5. The molecule has 1 saturated heterocycles. The van der Waals surface area contributed by atoms with E-state index in [9.17, 15) is 0 Å². The average molecular weight is 204 g/mol. The molecule has 2 atom stereocenters. The van der Waals surface area contributed by atoms with Crippen LogP contribution in [0.25, 0.3) is 0 Å². The van der Waals surface area contributed by atoms with Crippen molar-refractivity contribution in [1.29, 1.82) is 0 Å². The predicted molar refractivity (Wildman–Crippen MR) is 59.7 cm³/mol. The number of epoxide rings is 1. The van der Waals surface area contributed by atoms with Crippen molar-refractivity contribution in [3.05, 3.63) is 48.0 Å². The van der Waals surface area contributed by atoms with Gasteiger partial charge in [-0.25, -0.2) is 0 Å². The summed E-state index contributed by atoms with van der Waals surface area (Å²) in [5.41, 5.74) is 1.25. The van der Waals surface area contributed by atoms with Gasteiger partial charge in [0.1, 0.15) is 12.2 Å². The highest BCUT2D eigenvalue weighted by molar-refractivity contribution is 5.24. The van der Waals surface area contributed by atoms with Gasteiger partial charge in [0, 0.05) is 6.61 Å². The third kappa shape index (κ3) is 2.91. The van der Waals surface area contributed by atoms with Crippen molar-refractivity contribution in [3.63, 3.8) is 0 Å². The first-order valence-electron chi connectivity index (χ1n) is 5.36. The topological polar surface area (TPSA) is 21.8 Å². The second-order valence-electron chi connectivity index (χ2n) is 3.52. The summed E-state index contributed by atoms with van der Waals surface area (Å²) in [6.07, 6.45) is 4.60. The molecule has 1 aliphatic heterocycles. The van der Waals surface area contributed by atoms with Crippen LogP contribution in [0.5, 0.6) is 0 Å². The average Bonchev–Trinajstić information content (AvgIpc) is 3.05. The third-order valence-electron chi connectivity index (χ3n) is 2.40. The van der Waals surface area contributed by atoms with Crippen LogP contribution < -0.4 is 0 Å². The Morgan fingerprint density at radius 2 is 2.13 bits per heavy atom. The van der Waals surface area contributed by atoms with E-state index in [-0.39, 0.29) is 12.2 Å². The molecule has 0 saturated carbocycles. The summed E-state index contributed by atoms with van der Waals surface area (Å²) < 4.78 is 10.8. The maximum atomic E-state index is 5.54. The van der Waals surface area contributed by atoms with E-state index in [2.05, 4.69) is 18.2 Å². The number of ether oxygens (including phenoxy) is 2. The molecule has 15 heavy (non-hydrogen) atoms. The quantitative estimate of drug-likeness (QED) is 0.418. The Morgan fingerprint density at radius 1 is 1.33 bits per heavy atom. The summed E-state index contributed by atoms with van der Waals surface area (Å²) in [5.74, 6) is 0. The molecule has 2 nitrogen and oxygen atoms in total. The molecule has 1 aliphatic rings. The van der Waals surface area contributed by atoms with Crippen LogP contribution in [0.2, 0.25) is 0 Å². The summed E-state index contributed by atoms with van der Waals surface area (Å²) in [5, 5.41) is 0. The molecule has 0 spiro atoms. The van der Waals surface area contributed by atoms with E-state index in [1.54, 1.807) is 0 Å². The van der Waals surface area contributed by atoms with Crippen LogP contribution in [0.3, 0.4) is 0 Å². The lowest BCUT2D eigenvalue weighted by Crippen LogP contribution is -1.90. The summed E-state index contributed by atoms with van der Waals surface area (Å²) in [6, 6.07) is 10.3. The fraction of sp³-hybridized carbons (Fsp3) is 0.385. The van der Waals surface area contributed by atoms with E-state index < -0.39 is 0 Å². The molecular formula is C13H16O2. The zero-order valence-corrected chi connectivity index (χ0v) is 8.93. The van der Waals surface area contributed by atoms with Gasteiger partial charge >= 0.3 is 0 Å². The Balaban J connectivity index is 1.79. The Hall–Kier alpha value is -1.12. The first-order chi connectivity index (χ1) is 7.42. The summed E-state index contributed by atoms with van der Waals surface area (Å²) >= 11 is 0. The molecule has 1 aromatic carbocycles. The lowest BCUT2D eigenvalue weighted by atomic mass is 10.1. The first kappa shape index (κ1) is 10.4. The van der Waals surface area contributed by atoms with Gasteiger partial charge in [-0.2, -0.15) is 0 Å². The van der Waals surface area contributed by atoms with Gasteiger partial charge in [-0.15, -0.1) is 0 Å².